The Morgan fingerprint density at radius 3 is 2.58 bits per heavy atom. The van der Waals surface area contributed by atoms with Crippen molar-refractivity contribution >= 4 is 46.4 Å². The molecule has 0 bridgehead atoms. The molecule has 0 spiro atoms. The van der Waals surface area contributed by atoms with Crippen molar-refractivity contribution in [3.8, 4) is 11.5 Å². The zero-order chi connectivity index (χ0) is 18.7. The van der Waals surface area contributed by atoms with Crippen LogP contribution in [0.5, 0.6) is 11.5 Å². The number of amides is 2. The Balaban J connectivity index is 1.76. The van der Waals surface area contributed by atoms with E-state index in [0.29, 0.717) is 51.7 Å². The van der Waals surface area contributed by atoms with E-state index in [0.717, 1.165) is 0 Å². The van der Waals surface area contributed by atoms with E-state index in [9.17, 15) is 9.59 Å². The molecule has 0 aliphatic carbocycles. The van der Waals surface area contributed by atoms with Gasteiger partial charge < -0.3 is 20.1 Å². The molecule has 1 aliphatic heterocycles. The Bertz CT molecular complexity index is 871. The van der Waals surface area contributed by atoms with Gasteiger partial charge in [-0.15, -0.1) is 0 Å². The van der Waals surface area contributed by atoms with Crippen molar-refractivity contribution in [2.24, 2.45) is 0 Å². The van der Waals surface area contributed by atoms with Crippen LogP contribution in [0.4, 0.5) is 11.4 Å². The molecule has 0 fully saturated rings. The number of hydrogen-bond acceptors (Lipinski definition) is 4. The van der Waals surface area contributed by atoms with Crippen LogP contribution >= 0.6 is 23.2 Å². The summed E-state index contributed by atoms with van der Waals surface area (Å²) in [6.45, 7) is 2.26. The number of halogens is 2. The molecule has 2 aromatic carbocycles. The predicted molar refractivity (Wildman–Crippen MR) is 101 cm³/mol. The van der Waals surface area contributed by atoms with Crippen LogP contribution in [-0.2, 0) is 16.0 Å². The number of ether oxygens (including phenoxy) is 2. The Morgan fingerprint density at radius 2 is 1.81 bits per heavy atom. The number of rotatable bonds is 4. The minimum absolute atomic E-state index is 0.0718. The van der Waals surface area contributed by atoms with Gasteiger partial charge in [0.1, 0.15) is 13.2 Å². The standard InChI is InChI=1S/C18H16Cl2N2O4/c1-10(23)21-14-3-2-12(19)9-15(14)22-17(24)8-11-6-13(20)18-16(7-11)25-4-5-26-18/h2-3,6-7,9H,4-5,8H2,1H3,(H,21,23)(H,22,24). The van der Waals surface area contributed by atoms with Crippen molar-refractivity contribution in [3.63, 3.8) is 0 Å². The third-order valence-electron chi connectivity index (χ3n) is 3.59. The molecule has 0 saturated carbocycles. The van der Waals surface area contributed by atoms with Crippen LogP contribution in [0.2, 0.25) is 10.0 Å². The van der Waals surface area contributed by atoms with Crippen LogP contribution in [0, 0.1) is 0 Å². The van der Waals surface area contributed by atoms with E-state index in [2.05, 4.69) is 10.6 Å². The summed E-state index contributed by atoms with van der Waals surface area (Å²) in [4.78, 5) is 23.7. The second-order valence-corrected chi connectivity index (χ2v) is 6.54. The van der Waals surface area contributed by atoms with Crippen LogP contribution in [0.25, 0.3) is 0 Å². The van der Waals surface area contributed by atoms with Gasteiger partial charge in [-0.2, -0.15) is 0 Å². The summed E-state index contributed by atoms with van der Waals surface area (Å²) < 4.78 is 11.0. The molecule has 0 atom stereocenters. The second-order valence-electron chi connectivity index (χ2n) is 5.70. The molecule has 8 heteroatoms. The first-order chi connectivity index (χ1) is 12.4. The van der Waals surface area contributed by atoms with E-state index in [1.54, 1.807) is 30.3 Å². The Kier molecular flexibility index (Phi) is 5.54. The van der Waals surface area contributed by atoms with E-state index in [1.807, 2.05) is 0 Å². The normalized spacial score (nSPS) is 12.4. The minimum Gasteiger partial charge on any atom is -0.486 e. The molecule has 0 aromatic heterocycles. The zero-order valence-electron chi connectivity index (χ0n) is 13.9. The van der Waals surface area contributed by atoms with Crippen molar-refractivity contribution in [1.82, 2.24) is 0 Å². The molecule has 1 aliphatic rings. The van der Waals surface area contributed by atoms with Gasteiger partial charge in [-0.05, 0) is 35.9 Å². The summed E-state index contributed by atoms with van der Waals surface area (Å²) in [5, 5.41) is 6.24. The van der Waals surface area contributed by atoms with Gasteiger partial charge in [0.2, 0.25) is 11.8 Å². The first-order valence-corrected chi connectivity index (χ1v) is 8.63. The quantitative estimate of drug-likeness (QED) is 0.823. The van der Waals surface area contributed by atoms with Crippen LogP contribution in [-0.4, -0.2) is 25.0 Å². The molecular formula is C18H16Cl2N2O4. The maximum atomic E-state index is 12.4. The van der Waals surface area contributed by atoms with E-state index >= 15 is 0 Å². The van der Waals surface area contributed by atoms with Crippen molar-refractivity contribution in [2.75, 3.05) is 23.8 Å². The third-order valence-corrected chi connectivity index (χ3v) is 4.10. The third kappa shape index (κ3) is 4.39. The fraction of sp³-hybridized carbons (Fsp3) is 0.222. The van der Waals surface area contributed by atoms with Crippen LogP contribution < -0.4 is 20.1 Å². The molecule has 2 aromatic rings. The molecule has 6 nitrogen and oxygen atoms in total. The highest BCUT2D eigenvalue weighted by molar-refractivity contribution is 6.32. The number of hydrogen-bond donors (Lipinski definition) is 2. The Hall–Kier alpha value is -2.44. The monoisotopic (exact) mass is 394 g/mol. The molecular weight excluding hydrogens is 379 g/mol. The van der Waals surface area contributed by atoms with Gasteiger partial charge in [0.25, 0.3) is 0 Å². The second kappa shape index (κ2) is 7.85. The van der Waals surface area contributed by atoms with Gasteiger partial charge in [0.15, 0.2) is 11.5 Å². The highest BCUT2D eigenvalue weighted by Crippen LogP contribution is 2.38. The number of carbonyl (C=O) groups is 2. The van der Waals surface area contributed by atoms with Crippen LogP contribution in [0.1, 0.15) is 12.5 Å². The molecule has 1 heterocycles. The van der Waals surface area contributed by atoms with Crippen molar-refractivity contribution in [3.05, 3.63) is 45.9 Å². The minimum atomic E-state index is -0.286. The first kappa shape index (κ1) is 18.4. The topological polar surface area (TPSA) is 76.7 Å². The average molecular weight is 395 g/mol. The number of carbonyl (C=O) groups excluding carboxylic acids is 2. The Morgan fingerprint density at radius 1 is 1.04 bits per heavy atom. The van der Waals surface area contributed by atoms with E-state index in [-0.39, 0.29) is 18.2 Å². The molecule has 26 heavy (non-hydrogen) atoms. The van der Waals surface area contributed by atoms with Gasteiger partial charge in [-0.3, -0.25) is 9.59 Å². The molecule has 0 radical (unpaired) electrons. The van der Waals surface area contributed by atoms with Gasteiger partial charge in [0, 0.05) is 11.9 Å². The van der Waals surface area contributed by atoms with Gasteiger partial charge >= 0.3 is 0 Å². The number of benzene rings is 2. The number of anilines is 2. The average Bonchev–Trinajstić information content (AvgIpc) is 2.57. The largest absolute Gasteiger partial charge is 0.486 e. The lowest BCUT2D eigenvalue weighted by Gasteiger charge is -2.20. The summed E-state index contributed by atoms with van der Waals surface area (Å²) >= 11 is 12.2. The summed E-state index contributed by atoms with van der Waals surface area (Å²) in [6, 6.07) is 8.22. The zero-order valence-corrected chi connectivity index (χ0v) is 15.4. The SMILES string of the molecule is CC(=O)Nc1ccc(Cl)cc1NC(=O)Cc1cc(Cl)c2c(c1)OCCO2. The van der Waals surface area contributed by atoms with Crippen molar-refractivity contribution < 1.29 is 19.1 Å². The lowest BCUT2D eigenvalue weighted by atomic mass is 10.1. The molecule has 2 N–H and O–H groups in total. The number of nitrogens with one attached hydrogen (secondary N) is 2. The van der Waals surface area contributed by atoms with E-state index < -0.39 is 0 Å². The summed E-state index contributed by atoms with van der Waals surface area (Å²) in [6.07, 6.45) is 0.0718. The molecule has 0 saturated heterocycles. The lowest BCUT2D eigenvalue weighted by molar-refractivity contribution is -0.116. The molecule has 136 valence electrons. The smallest absolute Gasteiger partial charge is 0.228 e. The van der Waals surface area contributed by atoms with Crippen molar-refractivity contribution in [1.29, 1.82) is 0 Å². The number of fused-ring (bicyclic) bond motifs is 1. The highest BCUT2D eigenvalue weighted by atomic mass is 35.5. The fourth-order valence-corrected chi connectivity index (χ4v) is 3.02. The van der Waals surface area contributed by atoms with Crippen LogP contribution in [0.3, 0.4) is 0 Å². The van der Waals surface area contributed by atoms with Gasteiger partial charge in [-0.1, -0.05) is 23.2 Å². The lowest BCUT2D eigenvalue weighted by Crippen LogP contribution is -2.18. The molecule has 3 rings (SSSR count). The van der Waals surface area contributed by atoms with E-state index in [1.165, 1.54) is 6.92 Å². The van der Waals surface area contributed by atoms with Gasteiger partial charge in [-0.25, -0.2) is 0 Å². The first-order valence-electron chi connectivity index (χ1n) is 7.87. The maximum Gasteiger partial charge on any atom is 0.228 e. The predicted octanol–water partition coefficient (Wildman–Crippen LogP) is 3.90. The van der Waals surface area contributed by atoms with E-state index in [4.69, 9.17) is 32.7 Å². The fourth-order valence-electron chi connectivity index (χ4n) is 2.56. The maximum absolute atomic E-state index is 12.4. The van der Waals surface area contributed by atoms with Gasteiger partial charge in [0.05, 0.1) is 22.8 Å². The van der Waals surface area contributed by atoms with Crippen molar-refractivity contribution in [2.45, 2.75) is 13.3 Å². The molecule has 2 amide bonds. The Labute approximate surface area is 160 Å². The summed E-state index contributed by atoms with van der Waals surface area (Å²) in [5.41, 5.74) is 1.57. The summed E-state index contributed by atoms with van der Waals surface area (Å²) in [7, 11) is 0. The highest BCUT2D eigenvalue weighted by Gasteiger charge is 2.18. The summed E-state index contributed by atoms with van der Waals surface area (Å²) in [5.74, 6) is 0.478. The molecule has 0 unspecified atom stereocenters. The van der Waals surface area contributed by atoms with Crippen LogP contribution in [0.15, 0.2) is 30.3 Å².